The molecule has 2 rings (SSSR count). The highest BCUT2D eigenvalue weighted by molar-refractivity contribution is 5.77. The molecule has 1 aliphatic heterocycles. The van der Waals surface area contributed by atoms with Gasteiger partial charge in [0.2, 0.25) is 5.91 Å². The topological polar surface area (TPSA) is 73.4 Å². The number of carbonyl (C=O) groups is 1. The second-order valence-corrected chi connectivity index (χ2v) is 3.47. The van der Waals surface area contributed by atoms with Crippen LogP contribution in [0.3, 0.4) is 0 Å². The molecule has 0 spiro atoms. The van der Waals surface area contributed by atoms with Gasteiger partial charge in [0, 0.05) is 19.3 Å². The molecule has 82 valence electrons. The number of nitrogens with two attached hydrogens (primary N) is 1. The quantitative estimate of drug-likeness (QED) is 0.717. The van der Waals surface area contributed by atoms with Crippen LogP contribution in [-0.2, 0) is 16.1 Å². The zero-order valence-electron chi connectivity index (χ0n) is 8.43. The number of rotatable bonds is 3. The Morgan fingerprint density at radius 3 is 3.07 bits per heavy atom. The van der Waals surface area contributed by atoms with Crippen LogP contribution in [0.2, 0.25) is 0 Å². The summed E-state index contributed by atoms with van der Waals surface area (Å²) in [5.41, 5.74) is 6.17. The largest absolute Gasteiger partial charge is 0.396 e. The molecule has 15 heavy (non-hydrogen) atoms. The molecule has 1 aliphatic rings. The lowest BCUT2D eigenvalue weighted by molar-refractivity contribution is -0.142. The molecule has 6 heteroatoms. The van der Waals surface area contributed by atoms with E-state index in [1.54, 1.807) is 22.0 Å². The van der Waals surface area contributed by atoms with Crippen molar-refractivity contribution in [3.63, 3.8) is 0 Å². The number of ether oxygens (including phenoxy) is 1. The lowest BCUT2D eigenvalue weighted by atomic mass is 10.4. The molecule has 1 aromatic rings. The number of aromatic nitrogens is 2. The molecule has 1 fully saturated rings. The third-order valence-electron chi connectivity index (χ3n) is 2.34. The Labute approximate surface area is 87.6 Å². The maximum atomic E-state index is 11.4. The molecule has 0 aromatic carbocycles. The van der Waals surface area contributed by atoms with Gasteiger partial charge in [0.1, 0.15) is 6.61 Å². The van der Waals surface area contributed by atoms with Crippen molar-refractivity contribution >= 4 is 11.6 Å². The van der Waals surface area contributed by atoms with Crippen molar-refractivity contribution in [3.8, 4) is 0 Å². The Balaban J connectivity index is 1.84. The minimum atomic E-state index is 0.0429. The highest BCUT2D eigenvalue weighted by atomic mass is 16.5. The van der Waals surface area contributed by atoms with Gasteiger partial charge in [-0.25, -0.2) is 0 Å². The van der Waals surface area contributed by atoms with Crippen LogP contribution in [0.25, 0.3) is 0 Å². The Morgan fingerprint density at radius 1 is 1.53 bits per heavy atom. The minimum absolute atomic E-state index is 0.0429. The minimum Gasteiger partial charge on any atom is -0.396 e. The van der Waals surface area contributed by atoms with Crippen LogP contribution in [-0.4, -0.2) is 46.9 Å². The van der Waals surface area contributed by atoms with E-state index in [9.17, 15) is 4.79 Å². The highest BCUT2D eigenvalue weighted by Gasteiger charge is 2.17. The van der Waals surface area contributed by atoms with Crippen LogP contribution in [0.15, 0.2) is 12.4 Å². The number of hydrogen-bond acceptors (Lipinski definition) is 4. The molecule has 2 N–H and O–H groups in total. The van der Waals surface area contributed by atoms with E-state index in [1.165, 1.54) is 0 Å². The molecular weight excluding hydrogens is 196 g/mol. The number of amides is 1. The average molecular weight is 210 g/mol. The number of carbonyl (C=O) groups excluding carboxylic acids is 1. The summed E-state index contributed by atoms with van der Waals surface area (Å²) < 4.78 is 6.77. The third kappa shape index (κ3) is 2.47. The fraction of sp³-hybridized carbons (Fsp3) is 0.556. The number of anilines is 1. The molecule has 0 atom stereocenters. The number of nitrogen functional groups attached to an aromatic ring is 1. The van der Waals surface area contributed by atoms with Gasteiger partial charge in [0.25, 0.3) is 0 Å². The van der Waals surface area contributed by atoms with Gasteiger partial charge >= 0.3 is 0 Å². The summed E-state index contributed by atoms with van der Waals surface area (Å²) in [7, 11) is 0. The van der Waals surface area contributed by atoms with E-state index in [1.807, 2.05) is 0 Å². The number of hydrogen-bond donors (Lipinski definition) is 1. The van der Waals surface area contributed by atoms with Crippen LogP contribution >= 0.6 is 0 Å². The second-order valence-electron chi connectivity index (χ2n) is 3.47. The van der Waals surface area contributed by atoms with E-state index in [-0.39, 0.29) is 12.5 Å². The van der Waals surface area contributed by atoms with Gasteiger partial charge in [-0.1, -0.05) is 0 Å². The zero-order chi connectivity index (χ0) is 10.7. The molecule has 1 aromatic heterocycles. The smallest absolute Gasteiger partial charge is 0.248 e. The van der Waals surface area contributed by atoms with E-state index in [4.69, 9.17) is 10.5 Å². The van der Waals surface area contributed by atoms with Crippen molar-refractivity contribution in [1.29, 1.82) is 0 Å². The molecule has 0 radical (unpaired) electrons. The normalized spacial score (nSPS) is 17.1. The summed E-state index contributed by atoms with van der Waals surface area (Å²) in [6.07, 6.45) is 3.35. The SMILES string of the molecule is Nc1cnn(CCN2CCOCC2=O)c1. The molecule has 0 unspecified atom stereocenters. The molecule has 1 saturated heterocycles. The standard InChI is InChI=1S/C9H14N4O2/c10-8-5-11-13(6-8)2-1-12-3-4-15-7-9(12)14/h5-6H,1-4,7,10H2. The Hall–Kier alpha value is -1.56. The maximum absolute atomic E-state index is 11.4. The summed E-state index contributed by atoms with van der Waals surface area (Å²) in [6, 6.07) is 0. The van der Waals surface area contributed by atoms with Crippen molar-refractivity contribution in [2.75, 3.05) is 32.0 Å². The zero-order valence-corrected chi connectivity index (χ0v) is 8.43. The van der Waals surface area contributed by atoms with Gasteiger partial charge in [-0.05, 0) is 0 Å². The molecule has 2 heterocycles. The van der Waals surface area contributed by atoms with Gasteiger partial charge in [0.05, 0.1) is 25.0 Å². The van der Waals surface area contributed by atoms with Crippen LogP contribution in [0, 0.1) is 0 Å². The molecule has 0 saturated carbocycles. The fourth-order valence-corrected chi connectivity index (χ4v) is 1.51. The van der Waals surface area contributed by atoms with Gasteiger partial charge in [-0.3, -0.25) is 9.48 Å². The third-order valence-corrected chi connectivity index (χ3v) is 2.34. The lowest BCUT2D eigenvalue weighted by Crippen LogP contribution is -2.43. The predicted octanol–water partition coefficient (Wildman–Crippen LogP) is -0.676. The maximum Gasteiger partial charge on any atom is 0.248 e. The van der Waals surface area contributed by atoms with Crippen molar-refractivity contribution in [2.24, 2.45) is 0 Å². The van der Waals surface area contributed by atoms with Crippen LogP contribution < -0.4 is 5.73 Å². The van der Waals surface area contributed by atoms with Crippen molar-refractivity contribution in [1.82, 2.24) is 14.7 Å². The first-order valence-electron chi connectivity index (χ1n) is 4.89. The Bertz CT molecular complexity index is 350. The highest BCUT2D eigenvalue weighted by Crippen LogP contribution is 2.01. The molecule has 6 nitrogen and oxygen atoms in total. The summed E-state index contributed by atoms with van der Waals surface area (Å²) in [6.45, 7) is 2.80. The fourth-order valence-electron chi connectivity index (χ4n) is 1.51. The van der Waals surface area contributed by atoms with Crippen LogP contribution in [0.1, 0.15) is 0 Å². The van der Waals surface area contributed by atoms with E-state index >= 15 is 0 Å². The number of morpholine rings is 1. The van der Waals surface area contributed by atoms with Gasteiger partial charge in [-0.15, -0.1) is 0 Å². The first-order valence-corrected chi connectivity index (χ1v) is 4.89. The Morgan fingerprint density at radius 2 is 2.40 bits per heavy atom. The van der Waals surface area contributed by atoms with Gasteiger partial charge in [0.15, 0.2) is 0 Å². The van der Waals surface area contributed by atoms with E-state index in [0.717, 1.165) is 0 Å². The second kappa shape index (κ2) is 4.31. The molecule has 0 aliphatic carbocycles. The average Bonchev–Trinajstić information content (AvgIpc) is 2.63. The molecular formula is C9H14N4O2. The van der Waals surface area contributed by atoms with Crippen LogP contribution in [0.5, 0.6) is 0 Å². The van der Waals surface area contributed by atoms with Gasteiger partial charge < -0.3 is 15.4 Å². The monoisotopic (exact) mass is 210 g/mol. The summed E-state index contributed by atoms with van der Waals surface area (Å²) in [5.74, 6) is 0.0429. The van der Waals surface area contributed by atoms with Crippen molar-refractivity contribution < 1.29 is 9.53 Å². The lowest BCUT2D eigenvalue weighted by Gasteiger charge is -2.26. The van der Waals surface area contributed by atoms with Gasteiger partial charge in [-0.2, -0.15) is 5.10 Å². The number of nitrogens with zero attached hydrogens (tertiary/aromatic N) is 3. The van der Waals surface area contributed by atoms with E-state index in [0.29, 0.717) is 31.9 Å². The van der Waals surface area contributed by atoms with Crippen LogP contribution in [0.4, 0.5) is 5.69 Å². The first kappa shape index (κ1) is 9.97. The van der Waals surface area contributed by atoms with E-state index in [2.05, 4.69) is 5.10 Å². The van der Waals surface area contributed by atoms with Crippen molar-refractivity contribution in [2.45, 2.75) is 6.54 Å². The predicted molar refractivity (Wildman–Crippen MR) is 54.0 cm³/mol. The molecule has 0 bridgehead atoms. The summed E-state index contributed by atoms with van der Waals surface area (Å²) in [5, 5.41) is 4.05. The molecule has 1 amide bonds. The summed E-state index contributed by atoms with van der Waals surface area (Å²) >= 11 is 0. The summed E-state index contributed by atoms with van der Waals surface area (Å²) in [4.78, 5) is 13.1. The van der Waals surface area contributed by atoms with Crippen molar-refractivity contribution in [3.05, 3.63) is 12.4 Å². The first-order chi connectivity index (χ1) is 7.25. The van der Waals surface area contributed by atoms with E-state index < -0.39 is 0 Å². The Kier molecular flexibility index (Phi) is 2.86.